The van der Waals surface area contributed by atoms with Crippen LogP contribution in [0.5, 0.6) is 5.75 Å². The molecule has 0 bridgehead atoms. The van der Waals surface area contributed by atoms with Crippen LogP contribution in [0.3, 0.4) is 0 Å². The zero-order chi connectivity index (χ0) is 23.7. The number of aromatic nitrogens is 4. The van der Waals surface area contributed by atoms with E-state index in [-0.39, 0.29) is 5.91 Å². The van der Waals surface area contributed by atoms with Crippen molar-refractivity contribution in [2.75, 3.05) is 7.11 Å². The van der Waals surface area contributed by atoms with E-state index in [0.29, 0.717) is 23.9 Å². The van der Waals surface area contributed by atoms with Gasteiger partial charge in [-0.1, -0.05) is 6.07 Å². The zero-order valence-electron chi connectivity index (χ0n) is 18.9. The lowest BCUT2D eigenvalue weighted by Crippen LogP contribution is -2.29. The molecule has 1 N–H and O–H groups in total. The third-order valence-electron chi connectivity index (χ3n) is 5.54. The normalized spacial score (nSPS) is 14.9. The molecule has 3 aromatic rings. The van der Waals surface area contributed by atoms with Crippen LogP contribution in [0.25, 0.3) is 6.08 Å². The van der Waals surface area contributed by atoms with Crippen LogP contribution in [0, 0.1) is 13.8 Å². The van der Waals surface area contributed by atoms with Crippen molar-refractivity contribution in [3.8, 4) is 5.75 Å². The number of methoxy groups -OCH3 is 1. The summed E-state index contributed by atoms with van der Waals surface area (Å²) in [5, 5.41) is 12.3. The van der Waals surface area contributed by atoms with Crippen LogP contribution >= 0.6 is 28.1 Å². The molecular weight excluding hydrogens is 504 g/mol. The highest BCUT2D eigenvalue weighted by Gasteiger charge is 2.31. The van der Waals surface area contributed by atoms with Crippen molar-refractivity contribution in [3.63, 3.8) is 0 Å². The fourth-order valence-corrected chi connectivity index (χ4v) is 4.27. The van der Waals surface area contributed by atoms with Gasteiger partial charge in [0, 0.05) is 23.9 Å². The molecule has 1 aliphatic heterocycles. The maximum atomic E-state index is 13.0. The molecule has 0 saturated carbocycles. The van der Waals surface area contributed by atoms with Crippen LogP contribution in [0.15, 0.2) is 40.8 Å². The molecule has 0 unspecified atom stereocenters. The third kappa shape index (κ3) is 4.72. The Kier molecular flexibility index (Phi) is 6.66. The van der Waals surface area contributed by atoms with Crippen LogP contribution in [0.4, 0.5) is 0 Å². The number of amides is 1. The Morgan fingerprint density at radius 3 is 2.70 bits per heavy atom. The molecule has 1 saturated heterocycles. The molecule has 3 heterocycles. The van der Waals surface area contributed by atoms with Gasteiger partial charge in [-0.15, -0.1) is 0 Å². The summed E-state index contributed by atoms with van der Waals surface area (Å²) < 4.78 is 10.3. The van der Waals surface area contributed by atoms with Crippen molar-refractivity contribution in [3.05, 3.63) is 68.8 Å². The topological polar surface area (TPSA) is 77.2 Å². The number of halogens is 1. The van der Waals surface area contributed by atoms with Crippen molar-refractivity contribution in [2.24, 2.45) is 0 Å². The summed E-state index contributed by atoms with van der Waals surface area (Å²) in [5.41, 5.74) is 5.17. The predicted octanol–water partition coefficient (Wildman–Crippen LogP) is 3.79. The SMILES string of the molecule is CCn1cc(CN2C(=O)/C(=C\c3ccc(OC)c(Cn4nc(C)c(Br)c4C)c3)NC2=S)cn1. The van der Waals surface area contributed by atoms with Gasteiger partial charge in [-0.05, 0) is 72.7 Å². The Morgan fingerprint density at radius 2 is 2.06 bits per heavy atom. The van der Waals surface area contributed by atoms with Crippen molar-refractivity contribution >= 4 is 45.2 Å². The van der Waals surface area contributed by atoms with Crippen molar-refractivity contribution in [1.29, 1.82) is 0 Å². The molecule has 0 atom stereocenters. The molecule has 1 aromatic carbocycles. The lowest BCUT2D eigenvalue weighted by Gasteiger charge is -2.12. The van der Waals surface area contributed by atoms with Crippen molar-refractivity contribution < 1.29 is 9.53 Å². The number of nitrogens with zero attached hydrogens (tertiary/aromatic N) is 5. The molecular formula is C23H25BrN6O2S. The number of thiocarbonyl (C=S) groups is 1. The van der Waals surface area contributed by atoms with Gasteiger partial charge in [0.05, 0.1) is 42.3 Å². The standard InChI is InChI=1S/C23H25BrN6O2S/c1-5-28-11-17(10-25-28)12-29-22(31)19(26-23(29)33)9-16-6-7-20(32-4)18(8-16)13-30-15(3)21(24)14(2)27-30/h6-11H,5,12-13H2,1-4H3,(H,26,33)/b19-9+. The van der Waals surface area contributed by atoms with Gasteiger partial charge in [-0.3, -0.25) is 19.1 Å². The molecule has 33 heavy (non-hydrogen) atoms. The average Bonchev–Trinajstić information content (AvgIpc) is 3.44. The molecule has 0 radical (unpaired) electrons. The Bertz CT molecular complexity index is 1260. The Morgan fingerprint density at radius 1 is 1.27 bits per heavy atom. The van der Waals surface area contributed by atoms with E-state index in [2.05, 4.69) is 31.4 Å². The number of carbonyl (C=O) groups excluding carboxylic acids is 1. The number of nitrogens with one attached hydrogen (secondary N) is 1. The number of hydrogen-bond acceptors (Lipinski definition) is 5. The van der Waals surface area contributed by atoms with Crippen molar-refractivity contribution in [2.45, 2.75) is 40.4 Å². The molecule has 2 aromatic heterocycles. The zero-order valence-corrected chi connectivity index (χ0v) is 21.3. The van der Waals surface area contributed by atoms with E-state index in [4.69, 9.17) is 17.0 Å². The smallest absolute Gasteiger partial charge is 0.276 e. The summed E-state index contributed by atoms with van der Waals surface area (Å²) in [6.45, 7) is 7.69. The fraction of sp³-hybridized carbons (Fsp3) is 0.304. The van der Waals surface area contributed by atoms with E-state index in [1.54, 1.807) is 18.2 Å². The summed E-state index contributed by atoms with van der Waals surface area (Å²) >= 11 is 8.99. The highest BCUT2D eigenvalue weighted by molar-refractivity contribution is 9.10. The Hall–Kier alpha value is -2.98. The molecule has 0 aliphatic carbocycles. The summed E-state index contributed by atoms with van der Waals surface area (Å²) in [6.07, 6.45) is 5.49. The molecule has 1 amide bonds. The summed E-state index contributed by atoms with van der Waals surface area (Å²) in [7, 11) is 1.65. The summed E-state index contributed by atoms with van der Waals surface area (Å²) in [4.78, 5) is 14.6. The lowest BCUT2D eigenvalue weighted by molar-refractivity contribution is -0.122. The molecule has 8 nitrogen and oxygen atoms in total. The number of ether oxygens (including phenoxy) is 1. The lowest BCUT2D eigenvalue weighted by atomic mass is 10.1. The average molecular weight is 529 g/mol. The second-order valence-corrected chi connectivity index (χ2v) is 8.98. The van der Waals surface area contributed by atoms with Crippen LogP contribution in [-0.4, -0.2) is 42.6 Å². The van der Waals surface area contributed by atoms with Gasteiger partial charge in [-0.2, -0.15) is 10.2 Å². The molecule has 4 rings (SSSR count). The molecule has 1 fully saturated rings. The highest BCUT2D eigenvalue weighted by atomic mass is 79.9. The summed E-state index contributed by atoms with van der Waals surface area (Å²) in [6, 6.07) is 5.82. The van der Waals surface area contributed by atoms with Crippen molar-refractivity contribution in [1.82, 2.24) is 29.8 Å². The quantitative estimate of drug-likeness (QED) is 0.371. The van der Waals surface area contributed by atoms with E-state index in [0.717, 1.165) is 44.8 Å². The minimum Gasteiger partial charge on any atom is -0.496 e. The van der Waals surface area contributed by atoms with Crippen LogP contribution in [-0.2, 0) is 24.4 Å². The van der Waals surface area contributed by atoms with Crippen LogP contribution in [0.2, 0.25) is 0 Å². The van der Waals surface area contributed by atoms with Gasteiger partial charge in [0.25, 0.3) is 5.91 Å². The first kappa shape index (κ1) is 23.2. The van der Waals surface area contributed by atoms with Crippen LogP contribution < -0.4 is 10.1 Å². The first-order valence-corrected chi connectivity index (χ1v) is 11.7. The monoisotopic (exact) mass is 528 g/mol. The largest absolute Gasteiger partial charge is 0.496 e. The second kappa shape index (κ2) is 9.48. The van der Waals surface area contributed by atoms with Gasteiger partial charge in [-0.25, -0.2) is 0 Å². The van der Waals surface area contributed by atoms with Gasteiger partial charge >= 0.3 is 0 Å². The van der Waals surface area contributed by atoms with E-state index in [9.17, 15) is 4.79 Å². The van der Waals surface area contributed by atoms with E-state index in [1.165, 1.54) is 0 Å². The highest BCUT2D eigenvalue weighted by Crippen LogP contribution is 2.26. The molecule has 172 valence electrons. The maximum absolute atomic E-state index is 13.0. The first-order chi connectivity index (χ1) is 15.8. The molecule has 0 spiro atoms. The Balaban J connectivity index is 1.58. The Labute approximate surface area is 206 Å². The molecule has 1 aliphatic rings. The second-order valence-electron chi connectivity index (χ2n) is 7.80. The van der Waals surface area contributed by atoms with E-state index < -0.39 is 0 Å². The number of aryl methyl sites for hydroxylation is 2. The number of rotatable bonds is 7. The third-order valence-corrected chi connectivity index (χ3v) is 7.01. The number of carbonyl (C=O) groups is 1. The van der Waals surface area contributed by atoms with Gasteiger partial charge < -0.3 is 10.1 Å². The molecule has 10 heteroatoms. The predicted molar refractivity (Wildman–Crippen MR) is 134 cm³/mol. The number of hydrogen-bond donors (Lipinski definition) is 1. The minimum atomic E-state index is -0.163. The van der Waals surface area contributed by atoms with Gasteiger partial charge in [0.2, 0.25) is 0 Å². The number of benzene rings is 1. The van der Waals surface area contributed by atoms with Crippen LogP contribution in [0.1, 0.15) is 35.0 Å². The fourth-order valence-electron chi connectivity index (χ4n) is 3.73. The van der Waals surface area contributed by atoms with E-state index >= 15 is 0 Å². The first-order valence-electron chi connectivity index (χ1n) is 10.5. The van der Waals surface area contributed by atoms with Gasteiger partial charge in [0.1, 0.15) is 11.4 Å². The minimum absolute atomic E-state index is 0.163. The maximum Gasteiger partial charge on any atom is 0.276 e. The van der Waals surface area contributed by atoms with Gasteiger partial charge in [0.15, 0.2) is 5.11 Å². The summed E-state index contributed by atoms with van der Waals surface area (Å²) in [5.74, 6) is 0.598. The van der Waals surface area contributed by atoms with E-state index in [1.807, 2.05) is 60.6 Å².